The van der Waals surface area contributed by atoms with Crippen LogP contribution in [-0.4, -0.2) is 9.97 Å². The predicted molar refractivity (Wildman–Crippen MR) is 63.6 cm³/mol. The van der Waals surface area contributed by atoms with Crippen molar-refractivity contribution in [2.24, 2.45) is 5.92 Å². The normalized spacial score (nSPS) is 10.9. The third-order valence-corrected chi connectivity index (χ3v) is 2.30. The Hall–Kier alpha value is -1.12. The van der Waals surface area contributed by atoms with E-state index in [2.05, 4.69) is 30.7 Å². The highest BCUT2D eigenvalue weighted by Gasteiger charge is 2.03. The zero-order chi connectivity index (χ0) is 11.3. The molecule has 15 heavy (non-hydrogen) atoms. The molecule has 1 heterocycles. The number of nitrogen functional groups attached to an aromatic ring is 1. The zero-order valence-corrected chi connectivity index (χ0v) is 9.95. The summed E-state index contributed by atoms with van der Waals surface area (Å²) < 4.78 is 0. The molecule has 0 aliphatic rings. The van der Waals surface area contributed by atoms with Gasteiger partial charge in [-0.3, -0.25) is 0 Å². The molecule has 0 spiro atoms. The van der Waals surface area contributed by atoms with Crippen molar-refractivity contribution >= 4 is 5.82 Å². The van der Waals surface area contributed by atoms with Gasteiger partial charge in [0, 0.05) is 18.2 Å². The average molecular weight is 207 g/mol. The van der Waals surface area contributed by atoms with Gasteiger partial charge >= 0.3 is 0 Å². The van der Waals surface area contributed by atoms with Gasteiger partial charge in [0.15, 0.2) is 0 Å². The molecule has 1 aromatic heterocycles. The van der Waals surface area contributed by atoms with Crippen molar-refractivity contribution in [2.45, 2.75) is 46.5 Å². The quantitative estimate of drug-likeness (QED) is 0.807. The molecule has 1 rings (SSSR count). The second-order valence-corrected chi connectivity index (χ2v) is 4.38. The molecule has 3 heteroatoms. The van der Waals surface area contributed by atoms with E-state index in [4.69, 9.17) is 5.73 Å². The molecule has 0 aliphatic heterocycles. The lowest BCUT2D eigenvalue weighted by Gasteiger charge is -2.06. The van der Waals surface area contributed by atoms with Crippen LogP contribution in [0.5, 0.6) is 0 Å². The van der Waals surface area contributed by atoms with Crippen molar-refractivity contribution in [3.8, 4) is 0 Å². The van der Waals surface area contributed by atoms with Gasteiger partial charge in [-0.2, -0.15) is 0 Å². The Morgan fingerprint density at radius 2 is 2.00 bits per heavy atom. The molecule has 0 saturated heterocycles. The number of hydrogen-bond donors (Lipinski definition) is 1. The van der Waals surface area contributed by atoms with Gasteiger partial charge in [0.2, 0.25) is 0 Å². The maximum absolute atomic E-state index is 5.74. The summed E-state index contributed by atoms with van der Waals surface area (Å²) >= 11 is 0. The Labute approximate surface area is 92.1 Å². The fourth-order valence-electron chi connectivity index (χ4n) is 1.49. The average Bonchev–Trinajstić information content (AvgIpc) is 2.14. The Morgan fingerprint density at radius 3 is 2.60 bits per heavy atom. The van der Waals surface area contributed by atoms with Crippen LogP contribution in [0.15, 0.2) is 6.07 Å². The molecule has 0 aliphatic carbocycles. The maximum Gasteiger partial charge on any atom is 0.131 e. The van der Waals surface area contributed by atoms with Crippen molar-refractivity contribution in [2.75, 3.05) is 5.73 Å². The zero-order valence-electron chi connectivity index (χ0n) is 9.95. The fourth-order valence-corrected chi connectivity index (χ4v) is 1.49. The lowest BCUT2D eigenvalue weighted by Crippen LogP contribution is -2.04. The topological polar surface area (TPSA) is 51.8 Å². The van der Waals surface area contributed by atoms with Gasteiger partial charge in [0.05, 0.1) is 0 Å². The summed E-state index contributed by atoms with van der Waals surface area (Å²) in [5.41, 5.74) is 6.82. The van der Waals surface area contributed by atoms with Gasteiger partial charge in [-0.1, -0.05) is 27.2 Å². The van der Waals surface area contributed by atoms with E-state index < -0.39 is 0 Å². The number of aryl methyl sites for hydroxylation is 2. The molecule has 0 radical (unpaired) electrons. The van der Waals surface area contributed by atoms with Crippen LogP contribution >= 0.6 is 0 Å². The minimum Gasteiger partial charge on any atom is -0.384 e. The SMILES string of the molecule is CCCc1cc(N)nc(CCC(C)C)n1. The van der Waals surface area contributed by atoms with Crippen molar-refractivity contribution in [1.82, 2.24) is 9.97 Å². The summed E-state index contributed by atoms with van der Waals surface area (Å²) in [4.78, 5) is 8.76. The first-order valence-corrected chi connectivity index (χ1v) is 5.74. The molecule has 1 aromatic rings. The van der Waals surface area contributed by atoms with E-state index in [0.29, 0.717) is 11.7 Å². The standard InChI is InChI=1S/C12H21N3/c1-4-5-10-8-11(13)15-12(14-10)7-6-9(2)3/h8-9H,4-7H2,1-3H3,(H2,13,14,15). The predicted octanol–water partition coefficient (Wildman–Crippen LogP) is 2.60. The first-order chi connectivity index (χ1) is 7.11. The van der Waals surface area contributed by atoms with Crippen molar-refractivity contribution in [1.29, 1.82) is 0 Å². The van der Waals surface area contributed by atoms with E-state index in [-0.39, 0.29) is 0 Å². The summed E-state index contributed by atoms with van der Waals surface area (Å²) in [5, 5.41) is 0. The highest BCUT2D eigenvalue weighted by molar-refractivity contribution is 5.29. The third-order valence-electron chi connectivity index (χ3n) is 2.30. The van der Waals surface area contributed by atoms with Gasteiger partial charge < -0.3 is 5.73 Å². The molecule has 0 aromatic carbocycles. The van der Waals surface area contributed by atoms with Crippen LogP contribution in [-0.2, 0) is 12.8 Å². The Morgan fingerprint density at radius 1 is 1.27 bits per heavy atom. The second kappa shape index (κ2) is 5.69. The first-order valence-electron chi connectivity index (χ1n) is 5.74. The Kier molecular flexibility index (Phi) is 4.53. The minimum atomic E-state index is 0.604. The number of nitrogens with two attached hydrogens (primary N) is 1. The summed E-state index contributed by atoms with van der Waals surface area (Å²) in [6.07, 6.45) is 4.13. The van der Waals surface area contributed by atoms with Crippen LogP contribution in [0.3, 0.4) is 0 Å². The fraction of sp³-hybridized carbons (Fsp3) is 0.667. The van der Waals surface area contributed by atoms with Crippen LogP contribution in [0, 0.1) is 5.92 Å². The van der Waals surface area contributed by atoms with E-state index in [9.17, 15) is 0 Å². The summed E-state index contributed by atoms with van der Waals surface area (Å²) in [6, 6.07) is 1.88. The maximum atomic E-state index is 5.74. The highest BCUT2D eigenvalue weighted by Crippen LogP contribution is 2.09. The lowest BCUT2D eigenvalue weighted by molar-refractivity contribution is 0.573. The molecular weight excluding hydrogens is 186 g/mol. The first kappa shape index (κ1) is 12.0. The number of rotatable bonds is 5. The largest absolute Gasteiger partial charge is 0.384 e. The monoisotopic (exact) mass is 207 g/mol. The highest BCUT2D eigenvalue weighted by atomic mass is 14.9. The van der Waals surface area contributed by atoms with E-state index in [0.717, 1.165) is 37.2 Å². The Balaban J connectivity index is 2.70. The lowest BCUT2D eigenvalue weighted by atomic mass is 10.1. The molecule has 0 bridgehead atoms. The van der Waals surface area contributed by atoms with Gasteiger partial charge in [-0.05, 0) is 18.8 Å². The number of aromatic nitrogens is 2. The van der Waals surface area contributed by atoms with Crippen molar-refractivity contribution < 1.29 is 0 Å². The summed E-state index contributed by atoms with van der Waals surface area (Å²) in [5.74, 6) is 2.18. The molecule has 0 saturated carbocycles. The minimum absolute atomic E-state index is 0.604. The van der Waals surface area contributed by atoms with Crippen LogP contribution in [0.4, 0.5) is 5.82 Å². The molecule has 84 valence electrons. The van der Waals surface area contributed by atoms with E-state index in [1.54, 1.807) is 0 Å². The van der Waals surface area contributed by atoms with E-state index in [1.807, 2.05) is 6.07 Å². The van der Waals surface area contributed by atoms with Crippen LogP contribution in [0.1, 0.15) is 45.1 Å². The Bertz CT molecular complexity index is 308. The smallest absolute Gasteiger partial charge is 0.131 e. The van der Waals surface area contributed by atoms with Gasteiger partial charge in [-0.25, -0.2) is 9.97 Å². The molecule has 3 nitrogen and oxygen atoms in total. The molecule has 0 unspecified atom stereocenters. The molecule has 0 atom stereocenters. The molecular formula is C12H21N3. The molecule has 0 amide bonds. The van der Waals surface area contributed by atoms with E-state index >= 15 is 0 Å². The molecule has 0 fully saturated rings. The van der Waals surface area contributed by atoms with Gasteiger partial charge in [0.1, 0.15) is 11.6 Å². The molecule has 2 N–H and O–H groups in total. The number of hydrogen-bond acceptors (Lipinski definition) is 3. The number of nitrogens with zero attached hydrogens (tertiary/aromatic N) is 2. The van der Waals surface area contributed by atoms with Gasteiger partial charge in [0.25, 0.3) is 0 Å². The number of anilines is 1. The summed E-state index contributed by atoms with van der Waals surface area (Å²) in [6.45, 7) is 6.56. The van der Waals surface area contributed by atoms with E-state index in [1.165, 1.54) is 0 Å². The van der Waals surface area contributed by atoms with Crippen molar-refractivity contribution in [3.05, 3.63) is 17.6 Å². The van der Waals surface area contributed by atoms with Gasteiger partial charge in [-0.15, -0.1) is 0 Å². The summed E-state index contributed by atoms with van der Waals surface area (Å²) in [7, 11) is 0. The van der Waals surface area contributed by atoms with Crippen LogP contribution < -0.4 is 5.73 Å². The van der Waals surface area contributed by atoms with Crippen LogP contribution in [0.25, 0.3) is 0 Å². The second-order valence-electron chi connectivity index (χ2n) is 4.38. The van der Waals surface area contributed by atoms with Crippen molar-refractivity contribution in [3.63, 3.8) is 0 Å². The van der Waals surface area contributed by atoms with Crippen LogP contribution in [0.2, 0.25) is 0 Å². The third kappa shape index (κ3) is 4.28.